The summed E-state index contributed by atoms with van der Waals surface area (Å²) in [4.78, 5) is 18.1. The van der Waals surface area contributed by atoms with Crippen molar-refractivity contribution in [3.8, 4) is 0 Å². The molecule has 1 saturated carbocycles. The van der Waals surface area contributed by atoms with Crippen LogP contribution in [0.1, 0.15) is 32.6 Å². The molecule has 0 aliphatic heterocycles. The minimum atomic E-state index is -0.369. The molecule has 10 heteroatoms. The molecule has 2 atom stereocenters. The monoisotopic (exact) mass is 382 g/mol. The number of aliphatic hydroxyl groups is 1. The molecule has 0 aromatic carbocycles. The van der Waals surface area contributed by atoms with Crippen LogP contribution in [-0.2, 0) is 0 Å². The predicted molar refractivity (Wildman–Crippen MR) is 108 cm³/mol. The first-order chi connectivity index (χ1) is 12.2. The Hall–Kier alpha value is -2.13. The Bertz CT molecular complexity index is 744. The Balaban J connectivity index is 0.00000243. The lowest BCUT2D eigenvalue weighted by Gasteiger charge is -2.19. The van der Waals surface area contributed by atoms with E-state index in [1.165, 1.54) is 0 Å². The standard InChI is InChI=1S/C16H26N8O.ClH/c1-4-8-19-13-11-12(22-15(17-2)23-13)14(24-16(18-3)21-11)20-9-6-5-7-10(9)25;/h9-10,25H,4-8H2,1-3H3,(H2,17,19,22,23)(H2,18,20,21,24);1H/t9-,10-;/m0./s1. The number of nitrogens with zero attached hydrogens (tertiary/aromatic N) is 4. The fourth-order valence-corrected chi connectivity index (χ4v) is 2.99. The molecule has 0 saturated heterocycles. The van der Waals surface area contributed by atoms with Crippen molar-refractivity contribution in [3.05, 3.63) is 0 Å². The highest BCUT2D eigenvalue weighted by Gasteiger charge is 2.27. The number of fused-ring (bicyclic) bond motifs is 1. The Labute approximate surface area is 159 Å². The number of hydrogen-bond donors (Lipinski definition) is 5. The van der Waals surface area contributed by atoms with Crippen LogP contribution >= 0.6 is 12.4 Å². The summed E-state index contributed by atoms with van der Waals surface area (Å²) in [5.74, 6) is 2.27. The zero-order valence-electron chi connectivity index (χ0n) is 15.3. The van der Waals surface area contributed by atoms with Crippen LogP contribution in [0.3, 0.4) is 0 Å². The first-order valence-electron chi connectivity index (χ1n) is 8.80. The molecule has 26 heavy (non-hydrogen) atoms. The average Bonchev–Trinajstić information content (AvgIpc) is 3.04. The summed E-state index contributed by atoms with van der Waals surface area (Å²) in [5.41, 5.74) is 1.29. The molecule has 0 amide bonds. The van der Waals surface area contributed by atoms with Gasteiger partial charge in [0.25, 0.3) is 0 Å². The molecule has 1 fully saturated rings. The normalized spacial score (nSPS) is 19.1. The molecule has 1 aliphatic rings. The van der Waals surface area contributed by atoms with Crippen LogP contribution in [0.25, 0.3) is 11.0 Å². The van der Waals surface area contributed by atoms with E-state index in [0.29, 0.717) is 34.6 Å². The molecule has 2 heterocycles. The van der Waals surface area contributed by atoms with Crippen LogP contribution in [0.15, 0.2) is 0 Å². The van der Waals surface area contributed by atoms with Crippen molar-refractivity contribution in [1.29, 1.82) is 0 Å². The molecule has 5 N–H and O–H groups in total. The van der Waals surface area contributed by atoms with Gasteiger partial charge in [-0.05, 0) is 25.7 Å². The van der Waals surface area contributed by atoms with Crippen molar-refractivity contribution >= 4 is 47.0 Å². The number of nitrogens with one attached hydrogen (secondary N) is 4. The lowest BCUT2D eigenvalue weighted by atomic mass is 10.2. The molecule has 2 aromatic heterocycles. The SMILES string of the molecule is CCCNc1nc(NC)nc2c(N[C@H]3CCC[C@@H]3O)nc(NC)nc12.Cl. The molecule has 0 radical (unpaired) electrons. The second-order valence-corrected chi connectivity index (χ2v) is 6.16. The lowest BCUT2D eigenvalue weighted by Crippen LogP contribution is -2.28. The molecule has 0 unspecified atom stereocenters. The van der Waals surface area contributed by atoms with Gasteiger partial charge >= 0.3 is 0 Å². The molecule has 1 aliphatic carbocycles. The summed E-state index contributed by atoms with van der Waals surface area (Å²) in [6.07, 6.45) is 3.32. The Morgan fingerprint density at radius 3 is 2.12 bits per heavy atom. The van der Waals surface area contributed by atoms with Gasteiger partial charge in [-0.25, -0.2) is 9.97 Å². The number of anilines is 4. The minimum Gasteiger partial charge on any atom is -0.391 e. The van der Waals surface area contributed by atoms with Crippen LogP contribution in [0, 0.1) is 0 Å². The van der Waals surface area contributed by atoms with Crippen LogP contribution < -0.4 is 21.3 Å². The van der Waals surface area contributed by atoms with Crippen molar-refractivity contribution in [2.75, 3.05) is 41.9 Å². The van der Waals surface area contributed by atoms with E-state index >= 15 is 0 Å². The van der Waals surface area contributed by atoms with Crippen molar-refractivity contribution < 1.29 is 5.11 Å². The number of aromatic nitrogens is 4. The smallest absolute Gasteiger partial charge is 0.225 e. The second kappa shape index (κ2) is 9.00. The van der Waals surface area contributed by atoms with Crippen molar-refractivity contribution in [3.63, 3.8) is 0 Å². The Morgan fingerprint density at radius 1 is 0.962 bits per heavy atom. The third kappa shape index (κ3) is 4.16. The van der Waals surface area contributed by atoms with Crippen molar-refractivity contribution in [2.24, 2.45) is 0 Å². The van der Waals surface area contributed by atoms with Crippen molar-refractivity contribution in [1.82, 2.24) is 19.9 Å². The van der Waals surface area contributed by atoms with Gasteiger partial charge in [0.05, 0.1) is 12.1 Å². The second-order valence-electron chi connectivity index (χ2n) is 6.16. The maximum absolute atomic E-state index is 10.1. The summed E-state index contributed by atoms with van der Waals surface area (Å²) in [5, 5.41) is 22.8. The molecular weight excluding hydrogens is 356 g/mol. The predicted octanol–water partition coefficient (Wildman–Crippen LogP) is 2.07. The van der Waals surface area contributed by atoms with Gasteiger partial charge < -0.3 is 26.4 Å². The van der Waals surface area contributed by atoms with Gasteiger partial charge in [-0.2, -0.15) is 9.97 Å². The zero-order valence-corrected chi connectivity index (χ0v) is 16.2. The summed E-state index contributed by atoms with van der Waals surface area (Å²) < 4.78 is 0. The average molecular weight is 383 g/mol. The van der Waals surface area contributed by atoms with Gasteiger partial charge in [0.1, 0.15) is 11.0 Å². The maximum Gasteiger partial charge on any atom is 0.225 e. The minimum absolute atomic E-state index is 0. The molecular formula is C16H27ClN8O. The van der Waals surface area contributed by atoms with E-state index in [1.807, 2.05) is 0 Å². The quantitative estimate of drug-likeness (QED) is 0.490. The summed E-state index contributed by atoms with van der Waals surface area (Å²) in [6, 6.07) is -0.0251. The first kappa shape index (κ1) is 20.2. The van der Waals surface area contributed by atoms with Gasteiger partial charge in [0.2, 0.25) is 11.9 Å². The zero-order chi connectivity index (χ0) is 17.8. The fraction of sp³-hybridized carbons (Fsp3) is 0.625. The van der Waals surface area contributed by atoms with E-state index in [-0.39, 0.29) is 24.6 Å². The molecule has 2 aromatic rings. The number of hydrogen-bond acceptors (Lipinski definition) is 9. The first-order valence-corrected chi connectivity index (χ1v) is 8.80. The highest BCUT2D eigenvalue weighted by Crippen LogP contribution is 2.29. The number of aliphatic hydroxyl groups excluding tert-OH is 1. The van der Waals surface area contributed by atoms with E-state index in [4.69, 9.17) is 0 Å². The van der Waals surface area contributed by atoms with E-state index in [0.717, 1.165) is 32.2 Å². The third-order valence-corrected chi connectivity index (χ3v) is 4.33. The van der Waals surface area contributed by atoms with Crippen LogP contribution in [0.4, 0.5) is 23.5 Å². The van der Waals surface area contributed by atoms with E-state index in [9.17, 15) is 5.11 Å². The number of rotatable bonds is 7. The molecule has 144 valence electrons. The van der Waals surface area contributed by atoms with Gasteiger partial charge in [-0.3, -0.25) is 0 Å². The Kier molecular flexibility index (Phi) is 6.98. The molecule has 3 rings (SSSR count). The van der Waals surface area contributed by atoms with Crippen LogP contribution in [0.2, 0.25) is 0 Å². The third-order valence-electron chi connectivity index (χ3n) is 4.33. The highest BCUT2D eigenvalue weighted by molar-refractivity contribution is 5.94. The Morgan fingerprint density at radius 2 is 1.58 bits per heavy atom. The van der Waals surface area contributed by atoms with Gasteiger partial charge in [-0.1, -0.05) is 6.92 Å². The molecule has 9 nitrogen and oxygen atoms in total. The van der Waals surface area contributed by atoms with Gasteiger partial charge in [0.15, 0.2) is 11.6 Å². The van der Waals surface area contributed by atoms with E-state index in [2.05, 4.69) is 48.1 Å². The van der Waals surface area contributed by atoms with Crippen molar-refractivity contribution in [2.45, 2.75) is 44.8 Å². The topological polar surface area (TPSA) is 120 Å². The van der Waals surface area contributed by atoms with Gasteiger partial charge in [-0.15, -0.1) is 12.4 Å². The van der Waals surface area contributed by atoms with Crippen LogP contribution in [-0.4, -0.2) is 57.8 Å². The van der Waals surface area contributed by atoms with E-state index < -0.39 is 0 Å². The largest absolute Gasteiger partial charge is 0.391 e. The summed E-state index contributed by atoms with van der Waals surface area (Å²) in [7, 11) is 3.55. The van der Waals surface area contributed by atoms with E-state index in [1.54, 1.807) is 14.1 Å². The molecule has 0 spiro atoms. The molecule has 0 bridgehead atoms. The lowest BCUT2D eigenvalue weighted by molar-refractivity contribution is 0.171. The van der Waals surface area contributed by atoms with Gasteiger partial charge in [0, 0.05) is 20.6 Å². The summed E-state index contributed by atoms with van der Waals surface area (Å²) >= 11 is 0. The fourth-order valence-electron chi connectivity index (χ4n) is 2.99. The maximum atomic E-state index is 10.1. The highest BCUT2D eigenvalue weighted by atomic mass is 35.5. The van der Waals surface area contributed by atoms with Crippen LogP contribution in [0.5, 0.6) is 0 Å². The number of halogens is 1. The summed E-state index contributed by atoms with van der Waals surface area (Å²) in [6.45, 7) is 2.89.